The van der Waals surface area contributed by atoms with Gasteiger partial charge in [0.15, 0.2) is 0 Å². The number of hydrogen-bond acceptors (Lipinski definition) is 4. The summed E-state index contributed by atoms with van der Waals surface area (Å²) in [6.07, 6.45) is 1.87. The van der Waals surface area contributed by atoms with E-state index >= 15 is 0 Å². The molecule has 1 heterocycles. The zero-order valence-electron chi connectivity index (χ0n) is 13.9. The molecule has 2 unspecified atom stereocenters. The van der Waals surface area contributed by atoms with Crippen molar-refractivity contribution in [1.29, 1.82) is 0 Å². The molecule has 0 saturated carbocycles. The molecule has 5 nitrogen and oxygen atoms in total. The molecule has 0 aliphatic rings. The van der Waals surface area contributed by atoms with Crippen molar-refractivity contribution < 1.29 is 12.8 Å². The Morgan fingerprint density at radius 2 is 1.81 bits per heavy atom. The summed E-state index contributed by atoms with van der Waals surface area (Å²) in [7, 11) is -1.77. The molecule has 21 heavy (non-hydrogen) atoms. The molecule has 0 saturated heterocycles. The van der Waals surface area contributed by atoms with Crippen molar-refractivity contribution in [3.63, 3.8) is 0 Å². The summed E-state index contributed by atoms with van der Waals surface area (Å²) < 4.78 is 33.6. The SMILES string of the molecule is CCC(C)CC(C)NS(=O)(=O)c1c(C)oc(C)c1CNC. The monoisotopic (exact) mass is 316 g/mol. The van der Waals surface area contributed by atoms with Gasteiger partial charge < -0.3 is 9.73 Å². The summed E-state index contributed by atoms with van der Waals surface area (Å²) in [5.74, 6) is 1.59. The lowest BCUT2D eigenvalue weighted by atomic mass is 10.0. The van der Waals surface area contributed by atoms with Gasteiger partial charge in [0.05, 0.1) is 0 Å². The predicted octanol–water partition coefficient (Wildman–Crippen LogP) is 2.72. The average Bonchev–Trinajstić information content (AvgIpc) is 2.64. The number of sulfonamides is 1. The highest BCUT2D eigenvalue weighted by Gasteiger charge is 2.28. The Balaban J connectivity index is 3.03. The van der Waals surface area contributed by atoms with Crippen LogP contribution in [0.25, 0.3) is 0 Å². The van der Waals surface area contributed by atoms with Gasteiger partial charge in [-0.3, -0.25) is 0 Å². The molecule has 0 spiro atoms. The quantitative estimate of drug-likeness (QED) is 0.773. The third kappa shape index (κ3) is 4.56. The molecule has 0 aromatic carbocycles. The molecule has 1 rings (SSSR count). The van der Waals surface area contributed by atoms with E-state index in [-0.39, 0.29) is 10.9 Å². The minimum atomic E-state index is -3.56. The Morgan fingerprint density at radius 3 is 2.33 bits per heavy atom. The van der Waals surface area contributed by atoms with E-state index in [1.807, 2.05) is 6.92 Å². The minimum Gasteiger partial charge on any atom is -0.465 e. The maximum absolute atomic E-state index is 12.6. The summed E-state index contributed by atoms with van der Waals surface area (Å²) >= 11 is 0. The van der Waals surface area contributed by atoms with Crippen molar-refractivity contribution in [3.8, 4) is 0 Å². The van der Waals surface area contributed by atoms with E-state index in [0.29, 0.717) is 29.5 Å². The molecule has 6 heteroatoms. The van der Waals surface area contributed by atoms with Gasteiger partial charge in [-0.15, -0.1) is 0 Å². The van der Waals surface area contributed by atoms with Crippen molar-refractivity contribution in [2.24, 2.45) is 5.92 Å². The van der Waals surface area contributed by atoms with E-state index < -0.39 is 10.0 Å². The molecule has 0 aliphatic carbocycles. The first kappa shape index (κ1) is 18.2. The standard InChI is InChI=1S/C15H28N2O3S/c1-7-10(2)8-11(3)17-21(18,19)15-13(5)20-12(4)14(15)9-16-6/h10-11,16-17H,7-9H2,1-6H3. The smallest absolute Gasteiger partial charge is 0.244 e. The van der Waals surface area contributed by atoms with Crippen molar-refractivity contribution in [2.75, 3.05) is 7.05 Å². The van der Waals surface area contributed by atoms with Gasteiger partial charge in [0.1, 0.15) is 16.4 Å². The fourth-order valence-corrected chi connectivity index (χ4v) is 4.29. The Morgan fingerprint density at radius 1 is 1.19 bits per heavy atom. The number of hydrogen-bond donors (Lipinski definition) is 2. The number of aryl methyl sites for hydroxylation is 2. The lowest BCUT2D eigenvalue weighted by Gasteiger charge is -2.18. The zero-order chi connectivity index (χ0) is 16.2. The Bertz CT molecular complexity index is 564. The second kappa shape index (κ2) is 7.42. The van der Waals surface area contributed by atoms with Gasteiger partial charge in [-0.1, -0.05) is 20.3 Å². The number of furan rings is 1. The van der Waals surface area contributed by atoms with E-state index in [1.165, 1.54) is 0 Å². The first-order valence-corrected chi connectivity index (χ1v) is 8.97. The second-order valence-corrected chi connectivity index (χ2v) is 7.47. The van der Waals surface area contributed by atoms with E-state index in [1.54, 1.807) is 20.9 Å². The van der Waals surface area contributed by atoms with Gasteiger partial charge in [-0.05, 0) is 40.2 Å². The largest absolute Gasteiger partial charge is 0.465 e. The molecule has 122 valence electrons. The Hall–Kier alpha value is -0.850. The van der Waals surface area contributed by atoms with Crippen LogP contribution < -0.4 is 10.0 Å². The van der Waals surface area contributed by atoms with E-state index in [4.69, 9.17) is 4.42 Å². The van der Waals surface area contributed by atoms with Crippen LogP contribution in [0.3, 0.4) is 0 Å². The summed E-state index contributed by atoms with van der Waals surface area (Å²) in [5, 5.41) is 2.99. The first-order chi connectivity index (χ1) is 9.72. The lowest BCUT2D eigenvalue weighted by Crippen LogP contribution is -2.34. The van der Waals surface area contributed by atoms with Gasteiger partial charge in [0.25, 0.3) is 0 Å². The van der Waals surface area contributed by atoms with Crippen LogP contribution in [0.5, 0.6) is 0 Å². The maximum Gasteiger partial charge on any atom is 0.244 e. The van der Waals surface area contributed by atoms with Crippen LogP contribution in [-0.4, -0.2) is 21.5 Å². The molecule has 1 aromatic heterocycles. The Kier molecular flexibility index (Phi) is 6.43. The lowest BCUT2D eigenvalue weighted by molar-refractivity contribution is 0.444. The number of nitrogens with one attached hydrogen (secondary N) is 2. The van der Waals surface area contributed by atoms with Crippen LogP contribution in [0.15, 0.2) is 9.31 Å². The molecule has 2 atom stereocenters. The molecule has 0 bridgehead atoms. The van der Waals surface area contributed by atoms with Crippen LogP contribution in [0.2, 0.25) is 0 Å². The Labute approximate surface area is 128 Å². The zero-order valence-corrected chi connectivity index (χ0v) is 14.7. The van der Waals surface area contributed by atoms with Crippen LogP contribution in [0.1, 0.15) is 50.7 Å². The summed E-state index contributed by atoms with van der Waals surface area (Å²) in [6.45, 7) is 10.1. The molecule has 0 aliphatic heterocycles. The molecule has 0 radical (unpaired) electrons. The predicted molar refractivity (Wildman–Crippen MR) is 84.8 cm³/mol. The molecule has 1 aromatic rings. The fraction of sp³-hybridized carbons (Fsp3) is 0.733. The molecule has 0 amide bonds. The van der Waals surface area contributed by atoms with E-state index in [0.717, 1.165) is 12.8 Å². The van der Waals surface area contributed by atoms with Crippen molar-refractivity contribution >= 4 is 10.0 Å². The third-order valence-electron chi connectivity index (χ3n) is 3.76. The average molecular weight is 316 g/mol. The topological polar surface area (TPSA) is 71.3 Å². The van der Waals surface area contributed by atoms with Crippen LogP contribution in [-0.2, 0) is 16.6 Å². The molecule has 2 N–H and O–H groups in total. The highest BCUT2D eigenvalue weighted by Crippen LogP contribution is 2.27. The second-order valence-electron chi connectivity index (χ2n) is 5.82. The molecular weight excluding hydrogens is 288 g/mol. The summed E-state index contributed by atoms with van der Waals surface area (Å²) in [4.78, 5) is 0.283. The van der Waals surface area contributed by atoms with Gasteiger partial charge in [0, 0.05) is 18.2 Å². The summed E-state index contributed by atoms with van der Waals surface area (Å²) in [6, 6.07) is -0.0954. The van der Waals surface area contributed by atoms with Gasteiger partial charge in [-0.2, -0.15) is 0 Å². The molecule has 0 fully saturated rings. The minimum absolute atomic E-state index is 0.0954. The van der Waals surface area contributed by atoms with E-state index in [9.17, 15) is 8.42 Å². The van der Waals surface area contributed by atoms with Crippen molar-refractivity contribution in [2.45, 2.75) is 64.9 Å². The van der Waals surface area contributed by atoms with Gasteiger partial charge in [-0.25, -0.2) is 13.1 Å². The first-order valence-electron chi connectivity index (χ1n) is 7.48. The van der Waals surface area contributed by atoms with Crippen LogP contribution >= 0.6 is 0 Å². The fourth-order valence-electron chi connectivity index (χ4n) is 2.59. The maximum atomic E-state index is 12.6. The summed E-state index contributed by atoms with van der Waals surface area (Å²) in [5.41, 5.74) is 0.707. The van der Waals surface area contributed by atoms with Gasteiger partial charge >= 0.3 is 0 Å². The molecular formula is C15H28N2O3S. The number of rotatable bonds is 8. The van der Waals surface area contributed by atoms with Gasteiger partial charge in [0.2, 0.25) is 10.0 Å². The highest BCUT2D eigenvalue weighted by atomic mass is 32.2. The highest BCUT2D eigenvalue weighted by molar-refractivity contribution is 7.89. The normalized spacial score (nSPS) is 15.1. The third-order valence-corrected chi connectivity index (χ3v) is 5.54. The van der Waals surface area contributed by atoms with Crippen LogP contribution in [0, 0.1) is 19.8 Å². The van der Waals surface area contributed by atoms with Crippen molar-refractivity contribution in [1.82, 2.24) is 10.0 Å². The van der Waals surface area contributed by atoms with Crippen molar-refractivity contribution in [3.05, 3.63) is 17.1 Å². The van der Waals surface area contributed by atoms with Crippen LogP contribution in [0.4, 0.5) is 0 Å². The van der Waals surface area contributed by atoms with E-state index in [2.05, 4.69) is 23.9 Å².